The van der Waals surface area contributed by atoms with Gasteiger partial charge in [-0.1, -0.05) is 17.7 Å². The van der Waals surface area contributed by atoms with Crippen LogP contribution in [0.4, 0.5) is 5.69 Å². The third-order valence-corrected chi connectivity index (χ3v) is 3.44. The number of anilines is 1. The summed E-state index contributed by atoms with van der Waals surface area (Å²) in [5.74, 6) is 0. The van der Waals surface area contributed by atoms with Crippen molar-refractivity contribution in [3.63, 3.8) is 0 Å². The van der Waals surface area contributed by atoms with Gasteiger partial charge in [0, 0.05) is 35.9 Å². The van der Waals surface area contributed by atoms with E-state index in [2.05, 4.69) is 43.1 Å². The Bertz CT molecular complexity index is 423. The highest BCUT2D eigenvalue weighted by atomic mass is 35.5. The van der Waals surface area contributed by atoms with Gasteiger partial charge in [-0.25, -0.2) is 0 Å². The van der Waals surface area contributed by atoms with Crippen LogP contribution in [0.5, 0.6) is 0 Å². The zero-order chi connectivity index (χ0) is 13.9. The second kappa shape index (κ2) is 6.12. The lowest BCUT2D eigenvalue weighted by Gasteiger charge is -2.31. The van der Waals surface area contributed by atoms with E-state index in [1.54, 1.807) is 0 Å². The fourth-order valence-corrected chi connectivity index (χ4v) is 2.31. The van der Waals surface area contributed by atoms with Gasteiger partial charge in [-0.05, 0) is 38.5 Å². The van der Waals surface area contributed by atoms with E-state index < -0.39 is 0 Å². The number of ether oxygens (including phenoxy) is 1. The topological polar surface area (TPSA) is 24.5 Å². The van der Waals surface area contributed by atoms with E-state index in [0.717, 1.165) is 37.9 Å². The lowest BCUT2D eigenvalue weighted by Crippen LogP contribution is -2.38. The van der Waals surface area contributed by atoms with Crippen LogP contribution in [0.2, 0.25) is 5.02 Å². The monoisotopic (exact) mass is 282 g/mol. The summed E-state index contributed by atoms with van der Waals surface area (Å²) >= 11 is 6.15. The summed E-state index contributed by atoms with van der Waals surface area (Å²) < 4.78 is 5.42. The van der Waals surface area contributed by atoms with E-state index in [1.807, 2.05) is 6.07 Å². The van der Waals surface area contributed by atoms with Crippen LogP contribution in [0.1, 0.15) is 26.3 Å². The van der Waals surface area contributed by atoms with Crippen molar-refractivity contribution in [3.05, 3.63) is 28.8 Å². The predicted octanol–water partition coefficient (Wildman–Crippen LogP) is 3.06. The first-order chi connectivity index (χ1) is 8.96. The Kier molecular flexibility index (Phi) is 4.71. The maximum Gasteiger partial charge on any atom is 0.0642 e. The third-order valence-electron chi connectivity index (χ3n) is 3.21. The van der Waals surface area contributed by atoms with Crippen molar-refractivity contribution < 1.29 is 4.74 Å². The molecular formula is C15H23ClN2O. The van der Waals surface area contributed by atoms with Crippen molar-refractivity contribution in [3.8, 4) is 0 Å². The Labute approximate surface area is 120 Å². The average Bonchev–Trinajstić information content (AvgIpc) is 2.37. The number of nitrogens with one attached hydrogen (secondary N) is 1. The molecule has 0 spiro atoms. The maximum atomic E-state index is 6.15. The normalized spacial score (nSPS) is 16.7. The molecule has 0 aliphatic carbocycles. The number of halogens is 1. The van der Waals surface area contributed by atoms with Crippen molar-refractivity contribution >= 4 is 17.3 Å². The molecule has 3 nitrogen and oxygen atoms in total. The van der Waals surface area contributed by atoms with Crippen LogP contribution in [0.15, 0.2) is 18.2 Å². The quantitative estimate of drug-likeness (QED) is 0.922. The van der Waals surface area contributed by atoms with Gasteiger partial charge < -0.3 is 15.0 Å². The van der Waals surface area contributed by atoms with Gasteiger partial charge in [0.2, 0.25) is 0 Å². The second-order valence-electron chi connectivity index (χ2n) is 5.98. The Balaban J connectivity index is 2.17. The van der Waals surface area contributed by atoms with Gasteiger partial charge in [-0.2, -0.15) is 0 Å². The summed E-state index contributed by atoms with van der Waals surface area (Å²) in [6.07, 6.45) is 0. The van der Waals surface area contributed by atoms with Crippen LogP contribution in [0, 0.1) is 0 Å². The molecule has 106 valence electrons. The van der Waals surface area contributed by atoms with Crippen molar-refractivity contribution in [2.24, 2.45) is 0 Å². The van der Waals surface area contributed by atoms with E-state index in [9.17, 15) is 0 Å². The molecule has 0 radical (unpaired) electrons. The van der Waals surface area contributed by atoms with E-state index in [1.165, 1.54) is 11.3 Å². The summed E-state index contributed by atoms with van der Waals surface area (Å²) in [7, 11) is 0. The Morgan fingerprint density at radius 2 is 1.95 bits per heavy atom. The predicted molar refractivity (Wildman–Crippen MR) is 81.1 cm³/mol. The maximum absolute atomic E-state index is 6.15. The SMILES string of the molecule is CC(C)(C)NCc1ccc(Cl)cc1N1CCOCC1. The second-order valence-corrected chi connectivity index (χ2v) is 6.41. The van der Waals surface area contributed by atoms with Gasteiger partial charge in [0.25, 0.3) is 0 Å². The standard InChI is InChI=1S/C15H23ClN2O/c1-15(2,3)17-11-12-4-5-13(16)10-14(12)18-6-8-19-9-7-18/h4-5,10,17H,6-9,11H2,1-3H3. The van der Waals surface area contributed by atoms with Crippen LogP contribution in [0.25, 0.3) is 0 Å². The van der Waals surface area contributed by atoms with Crippen molar-refractivity contribution in [1.29, 1.82) is 0 Å². The highest BCUT2D eigenvalue weighted by molar-refractivity contribution is 6.30. The molecule has 0 amide bonds. The first-order valence-electron chi connectivity index (χ1n) is 6.82. The summed E-state index contributed by atoms with van der Waals surface area (Å²) in [6.45, 7) is 10.8. The third kappa shape index (κ3) is 4.37. The zero-order valence-electron chi connectivity index (χ0n) is 12.0. The van der Waals surface area contributed by atoms with Crippen molar-refractivity contribution in [2.75, 3.05) is 31.2 Å². The summed E-state index contributed by atoms with van der Waals surface area (Å²) in [5.41, 5.74) is 2.64. The highest BCUT2D eigenvalue weighted by Gasteiger charge is 2.16. The van der Waals surface area contributed by atoms with E-state index >= 15 is 0 Å². The van der Waals surface area contributed by atoms with Crippen LogP contribution in [-0.4, -0.2) is 31.8 Å². The number of rotatable bonds is 3. The molecule has 4 heteroatoms. The molecule has 1 saturated heterocycles. The van der Waals surface area contributed by atoms with E-state index in [4.69, 9.17) is 16.3 Å². The van der Waals surface area contributed by atoms with Crippen LogP contribution in [0.3, 0.4) is 0 Å². The first kappa shape index (κ1) is 14.6. The summed E-state index contributed by atoms with van der Waals surface area (Å²) in [6, 6.07) is 6.14. The summed E-state index contributed by atoms with van der Waals surface area (Å²) in [4.78, 5) is 2.36. The fraction of sp³-hybridized carbons (Fsp3) is 0.600. The molecule has 1 aromatic carbocycles. The van der Waals surface area contributed by atoms with Crippen molar-refractivity contribution in [2.45, 2.75) is 32.9 Å². The number of nitrogens with zero attached hydrogens (tertiary/aromatic N) is 1. The molecule has 2 rings (SSSR count). The fourth-order valence-electron chi connectivity index (χ4n) is 2.15. The number of hydrogen-bond acceptors (Lipinski definition) is 3. The smallest absolute Gasteiger partial charge is 0.0642 e. The molecule has 0 atom stereocenters. The first-order valence-corrected chi connectivity index (χ1v) is 7.20. The molecular weight excluding hydrogens is 260 g/mol. The van der Waals surface area contributed by atoms with Crippen LogP contribution >= 0.6 is 11.6 Å². The Morgan fingerprint density at radius 1 is 1.26 bits per heavy atom. The van der Waals surface area contributed by atoms with E-state index in [0.29, 0.717) is 0 Å². The van der Waals surface area contributed by atoms with Gasteiger partial charge in [-0.3, -0.25) is 0 Å². The lowest BCUT2D eigenvalue weighted by atomic mass is 10.1. The van der Waals surface area contributed by atoms with Gasteiger partial charge in [0.05, 0.1) is 13.2 Å². The summed E-state index contributed by atoms with van der Waals surface area (Å²) in [5, 5.41) is 4.33. The minimum atomic E-state index is 0.113. The van der Waals surface area contributed by atoms with E-state index in [-0.39, 0.29) is 5.54 Å². The molecule has 19 heavy (non-hydrogen) atoms. The molecule has 1 heterocycles. The molecule has 1 N–H and O–H groups in total. The number of hydrogen-bond donors (Lipinski definition) is 1. The Morgan fingerprint density at radius 3 is 2.58 bits per heavy atom. The highest BCUT2D eigenvalue weighted by Crippen LogP contribution is 2.26. The van der Waals surface area contributed by atoms with Crippen molar-refractivity contribution in [1.82, 2.24) is 5.32 Å². The van der Waals surface area contributed by atoms with Crippen LogP contribution in [-0.2, 0) is 11.3 Å². The molecule has 0 unspecified atom stereocenters. The molecule has 0 saturated carbocycles. The Hall–Kier alpha value is -0.770. The van der Waals surface area contributed by atoms with Crippen LogP contribution < -0.4 is 10.2 Å². The van der Waals surface area contributed by atoms with Gasteiger partial charge >= 0.3 is 0 Å². The molecule has 1 aliphatic rings. The van der Waals surface area contributed by atoms with Gasteiger partial charge in [0.1, 0.15) is 0 Å². The van der Waals surface area contributed by atoms with Gasteiger partial charge in [0.15, 0.2) is 0 Å². The molecule has 0 aromatic heterocycles. The largest absolute Gasteiger partial charge is 0.378 e. The minimum Gasteiger partial charge on any atom is -0.378 e. The number of morpholine rings is 1. The average molecular weight is 283 g/mol. The molecule has 1 fully saturated rings. The molecule has 1 aromatic rings. The number of benzene rings is 1. The molecule has 1 aliphatic heterocycles. The zero-order valence-corrected chi connectivity index (χ0v) is 12.8. The lowest BCUT2D eigenvalue weighted by molar-refractivity contribution is 0.122. The minimum absolute atomic E-state index is 0.113. The molecule has 0 bridgehead atoms. The van der Waals surface area contributed by atoms with Gasteiger partial charge in [-0.15, -0.1) is 0 Å².